The van der Waals surface area contributed by atoms with Gasteiger partial charge in [-0.15, -0.1) is 0 Å². The summed E-state index contributed by atoms with van der Waals surface area (Å²) in [7, 11) is 3.05. The topological polar surface area (TPSA) is 94.4 Å². The molecule has 186 valence electrons. The summed E-state index contributed by atoms with van der Waals surface area (Å²) in [5.41, 5.74) is 0.932. The highest BCUT2D eigenvalue weighted by Gasteiger charge is 2.29. The van der Waals surface area contributed by atoms with Crippen LogP contribution in [0.1, 0.15) is 33.7 Å². The highest BCUT2D eigenvalue weighted by molar-refractivity contribution is 6.12. The molecule has 0 radical (unpaired) electrons. The molecule has 2 N–H and O–H groups in total. The molecule has 0 saturated carbocycles. The number of nitrogens with one attached hydrogen (secondary N) is 2. The van der Waals surface area contributed by atoms with Crippen LogP contribution < -0.4 is 20.9 Å². The van der Waals surface area contributed by atoms with Gasteiger partial charge in [0.1, 0.15) is 11.2 Å². The zero-order valence-corrected chi connectivity index (χ0v) is 20.1. The molecule has 3 heterocycles. The lowest BCUT2D eigenvalue weighted by Gasteiger charge is -2.23. The Bertz CT molecular complexity index is 1530. The Hall–Kier alpha value is -3.98. The maximum absolute atomic E-state index is 14.4. The molecule has 0 bridgehead atoms. The third kappa shape index (κ3) is 4.05. The van der Waals surface area contributed by atoms with E-state index in [2.05, 4.69) is 10.6 Å². The molecule has 2 aromatic carbocycles. The van der Waals surface area contributed by atoms with Gasteiger partial charge in [-0.05, 0) is 44.1 Å². The number of ether oxygens (including phenoxy) is 1. The first-order valence-electron chi connectivity index (χ1n) is 11.9. The van der Waals surface area contributed by atoms with Crippen molar-refractivity contribution >= 4 is 33.5 Å². The molecule has 8 nitrogen and oxygen atoms in total. The number of methoxy groups -OCH3 is 1. The van der Waals surface area contributed by atoms with Gasteiger partial charge in [-0.2, -0.15) is 0 Å². The lowest BCUT2D eigenvalue weighted by molar-refractivity contribution is 0.0917. The number of carbonyl (C=O) groups excluding carboxylic acids is 2. The van der Waals surface area contributed by atoms with Gasteiger partial charge in [-0.25, -0.2) is 4.39 Å². The highest BCUT2D eigenvalue weighted by Crippen LogP contribution is 2.35. The van der Waals surface area contributed by atoms with Gasteiger partial charge in [0.15, 0.2) is 17.2 Å². The minimum atomic E-state index is -0.496. The molecule has 1 amide bonds. The Labute approximate surface area is 206 Å². The zero-order valence-electron chi connectivity index (χ0n) is 20.1. The Kier molecular flexibility index (Phi) is 6.32. The maximum Gasteiger partial charge on any atom is 0.272 e. The molecule has 0 atom stereocenters. The van der Waals surface area contributed by atoms with E-state index in [1.165, 1.54) is 29.9 Å². The van der Waals surface area contributed by atoms with E-state index in [9.17, 15) is 18.8 Å². The standard InChI is InChI=1S/C27H27FN4O4/c1-31-23-19-14-17(28)8-9-20(19)32(15-21(33)16-6-4-3-5-7-16)27(35)22(23)25(36-2)24(31)26(34)30-18-10-12-29-13-11-18/h3-9,14,18,29H,10-13,15H2,1-2H3,(H,30,34). The maximum atomic E-state index is 14.4. The molecule has 1 aliphatic heterocycles. The Morgan fingerprint density at radius 1 is 1.14 bits per heavy atom. The molecule has 36 heavy (non-hydrogen) atoms. The van der Waals surface area contributed by atoms with Crippen LogP contribution in [0, 0.1) is 5.82 Å². The minimum absolute atomic E-state index is 0.00388. The molecule has 9 heteroatoms. The molecule has 2 aromatic heterocycles. The average Bonchev–Trinajstić information content (AvgIpc) is 3.20. The predicted molar refractivity (Wildman–Crippen MR) is 135 cm³/mol. The fraction of sp³-hybridized carbons (Fsp3) is 0.296. The monoisotopic (exact) mass is 490 g/mol. The summed E-state index contributed by atoms with van der Waals surface area (Å²) < 4.78 is 22.9. The predicted octanol–water partition coefficient (Wildman–Crippen LogP) is 3.01. The second kappa shape index (κ2) is 9.58. The summed E-state index contributed by atoms with van der Waals surface area (Å²) >= 11 is 0. The summed E-state index contributed by atoms with van der Waals surface area (Å²) in [5.74, 6) is -1.02. The summed E-state index contributed by atoms with van der Waals surface area (Å²) in [6, 6.07) is 12.7. The van der Waals surface area contributed by atoms with Gasteiger partial charge in [0.05, 0.1) is 24.7 Å². The van der Waals surface area contributed by atoms with Crippen molar-refractivity contribution in [3.63, 3.8) is 0 Å². The number of Topliss-reactive ketones (excluding diaryl/α,β-unsaturated/α-hetero) is 1. The number of rotatable bonds is 6. The van der Waals surface area contributed by atoms with Gasteiger partial charge in [-0.3, -0.25) is 19.0 Å². The zero-order chi connectivity index (χ0) is 25.4. The number of amides is 1. The van der Waals surface area contributed by atoms with E-state index in [1.54, 1.807) is 41.9 Å². The van der Waals surface area contributed by atoms with Crippen molar-refractivity contribution in [2.45, 2.75) is 25.4 Å². The number of ketones is 1. The van der Waals surface area contributed by atoms with E-state index >= 15 is 0 Å². The molecule has 0 unspecified atom stereocenters. The normalized spacial score (nSPS) is 14.3. The lowest BCUT2D eigenvalue weighted by Crippen LogP contribution is -2.43. The van der Waals surface area contributed by atoms with E-state index in [0.717, 1.165) is 25.9 Å². The van der Waals surface area contributed by atoms with Crippen molar-refractivity contribution in [2.24, 2.45) is 7.05 Å². The van der Waals surface area contributed by atoms with Crippen LogP contribution in [0.15, 0.2) is 53.3 Å². The van der Waals surface area contributed by atoms with Crippen LogP contribution in [0.5, 0.6) is 5.75 Å². The first kappa shape index (κ1) is 23.7. The summed E-state index contributed by atoms with van der Waals surface area (Å²) in [6.07, 6.45) is 1.58. The molecule has 5 rings (SSSR count). The van der Waals surface area contributed by atoms with Gasteiger partial charge < -0.3 is 19.9 Å². The van der Waals surface area contributed by atoms with Crippen LogP contribution in [0.3, 0.4) is 0 Å². The largest absolute Gasteiger partial charge is 0.493 e. The first-order chi connectivity index (χ1) is 17.4. The van der Waals surface area contributed by atoms with Gasteiger partial charge in [0.25, 0.3) is 11.5 Å². The highest BCUT2D eigenvalue weighted by atomic mass is 19.1. The van der Waals surface area contributed by atoms with E-state index in [0.29, 0.717) is 22.0 Å². The summed E-state index contributed by atoms with van der Waals surface area (Å²) in [4.78, 5) is 40.2. The fourth-order valence-electron chi connectivity index (χ4n) is 5.04. The molecule has 1 fully saturated rings. The molecular formula is C27H27FN4O4. The molecule has 1 aliphatic rings. The number of aryl methyl sites for hydroxylation is 1. The fourth-order valence-corrected chi connectivity index (χ4v) is 5.04. The first-order valence-corrected chi connectivity index (χ1v) is 11.9. The van der Waals surface area contributed by atoms with Gasteiger partial charge in [-0.1, -0.05) is 30.3 Å². The van der Waals surface area contributed by atoms with Crippen molar-refractivity contribution in [3.05, 3.63) is 76.0 Å². The quantitative estimate of drug-likeness (QED) is 0.405. The number of benzene rings is 2. The lowest BCUT2D eigenvalue weighted by atomic mass is 10.1. The number of fused-ring (bicyclic) bond motifs is 3. The van der Waals surface area contributed by atoms with E-state index in [-0.39, 0.29) is 41.1 Å². The number of carbonyl (C=O) groups is 2. The molecule has 0 aliphatic carbocycles. The number of piperidine rings is 1. The van der Waals surface area contributed by atoms with Crippen LogP contribution in [0.4, 0.5) is 4.39 Å². The molecule has 4 aromatic rings. The Morgan fingerprint density at radius 3 is 2.56 bits per heavy atom. The average molecular weight is 491 g/mol. The SMILES string of the molecule is COc1c(C(=O)NC2CCNCC2)n(C)c2c1c(=O)n(CC(=O)c1ccccc1)c1ccc(F)cc21. The van der Waals surface area contributed by atoms with E-state index < -0.39 is 11.4 Å². The van der Waals surface area contributed by atoms with Crippen molar-refractivity contribution in [2.75, 3.05) is 20.2 Å². The molecule has 0 spiro atoms. The second-order valence-electron chi connectivity index (χ2n) is 9.00. The van der Waals surface area contributed by atoms with Crippen molar-refractivity contribution in [3.8, 4) is 5.75 Å². The van der Waals surface area contributed by atoms with Gasteiger partial charge in [0.2, 0.25) is 0 Å². The van der Waals surface area contributed by atoms with Crippen molar-refractivity contribution in [1.82, 2.24) is 19.8 Å². The van der Waals surface area contributed by atoms with Crippen molar-refractivity contribution < 1.29 is 18.7 Å². The second-order valence-corrected chi connectivity index (χ2v) is 9.00. The Balaban J connectivity index is 1.71. The number of nitrogens with zero attached hydrogens (tertiary/aromatic N) is 2. The smallest absolute Gasteiger partial charge is 0.272 e. The van der Waals surface area contributed by atoms with Crippen LogP contribution in [0.25, 0.3) is 21.8 Å². The van der Waals surface area contributed by atoms with Gasteiger partial charge in [0, 0.05) is 24.0 Å². The van der Waals surface area contributed by atoms with E-state index in [1.807, 2.05) is 0 Å². The van der Waals surface area contributed by atoms with Crippen molar-refractivity contribution in [1.29, 1.82) is 0 Å². The number of hydrogen-bond acceptors (Lipinski definition) is 5. The van der Waals surface area contributed by atoms with Crippen LogP contribution in [0.2, 0.25) is 0 Å². The Morgan fingerprint density at radius 2 is 1.86 bits per heavy atom. The summed E-state index contributed by atoms with van der Waals surface area (Å²) in [6.45, 7) is 1.37. The van der Waals surface area contributed by atoms with Crippen LogP contribution >= 0.6 is 0 Å². The number of hydrogen-bond donors (Lipinski definition) is 2. The number of aromatic nitrogens is 2. The van der Waals surface area contributed by atoms with Crippen LogP contribution in [-0.2, 0) is 13.6 Å². The third-order valence-corrected chi connectivity index (χ3v) is 6.80. The number of pyridine rings is 1. The molecular weight excluding hydrogens is 463 g/mol. The van der Waals surface area contributed by atoms with E-state index in [4.69, 9.17) is 4.74 Å². The number of halogens is 1. The molecule has 1 saturated heterocycles. The van der Waals surface area contributed by atoms with Gasteiger partial charge >= 0.3 is 0 Å². The van der Waals surface area contributed by atoms with Crippen LogP contribution in [-0.4, -0.2) is 47.1 Å². The third-order valence-electron chi connectivity index (χ3n) is 6.80. The summed E-state index contributed by atoms with van der Waals surface area (Å²) in [5, 5.41) is 6.85. The minimum Gasteiger partial charge on any atom is -0.493 e.